The van der Waals surface area contributed by atoms with Crippen molar-refractivity contribution in [2.45, 2.75) is 31.4 Å². The summed E-state index contributed by atoms with van der Waals surface area (Å²) in [5.41, 5.74) is 0. The first-order chi connectivity index (χ1) is 7.84. The van der Waals surface area contributed by atoms with Crippen LogP contribution in [0.25, 0.3) is 0 Å². The molecule has 1 saturated heterocycles. The molecule has 0 radical (unpaired) electrons. The fraction of sp³-hybridized carbons (Fsp3) is 0.583. The molecule has 3 nitrogen and oxygen atoms in total. The lowest BCUT2D eigenvalue weighted by molar-refractivity contribution is 0.0897. The molecule has 2 heterocycles. The number of aromatic nitrogens is 1. The molecule has 1 aromatic heterocycles. The van der Waals surface area contributed by atoms with Crippen LogP contribution in [0.1, 0.15) is 19.3 Å². The molecule has 1 N–H and O–H groups in total. The van der Waals surface area contributed by atoms with Crippen molar-refractivity contribution >= 4 is 5.82 Å². The molecule has 2 atom stereocenters. The van der Waals surface area contributed by atoms with Crippen LogP contribution in [0.2, 0.25) is 0 Å². The molecule has 4 heteroatoms. The third-order valence-electron chi connectivity index (χ3n) is 3.30. The van der Waals surface area contributed by atoms with Gasteiger partial charge < -0.3 is 10.1 Å². The third kappa shape index (κ3) is 1.89. The highest BCUT2D eigenvalue weighted by molar-refractivity contribution is 5.37. The highest BCUT2D eigenvalue weighted by Gasteiger charge is 2.40. The van der Waals surface area contributed by atoms with Crippen molar-refractivity contribution in [1.82, 2.24) is 4.98 Å². The van der Waals surface area contributed by atoms with Crippen LogP contribution in [0, 0.1) is 11.7 Å². The molecule has 0 bridgehead atoms. The van der Waals surface area contributed by atoms with Crippen LogP contribution in [-0.2, 0) is 4.74 Å². The minimum atomic E-state index is -0.288. The van der Waals surface area contributed by atoms with Gasteiger partial charge in [-0.2, -0.15) is 0 Å². The Hall–Kier alpha value is -1.16. The monoisotopic (exact) mass is 222 g/mol. The summed E-state index contributed by atoms with van der Waals surface area (Å²) >= 11 is 0. The molecule has 16 heavy (non-hydrogen) atoms. The van der Waals surface area contributed by atoms with Crippen molar-refractivity contribution in [3.63, 3.8) is 0 Å². The Morgan fingerprint density at radius 1 is 1.38 bits per heavy atom. The fourth-order valence-corrected chi connectivity index (χ4v) is 2.32. The third-order valence-corrected chi connectivity index (χ3v) is 3.30. The molecule has 3 rings (SSSR count). The van der Waals surface area contributed by atoms with Gasteiger partial charge in [0.15, 0.2) is 11.6 Å². The predicted molar refractivity (Wildman–Crippen MR) is 58.7 cm³/mol. The van der Waals surface area contributed by atoms with Gasteiger partial charge in [-0.25, -0.2) is 9.37 Å². The number of ether oxygens (including phenoxy) is 1. The molecule has 2 unspecified atom stereocenters. The number of nitrogens with zero attached hydrogens (tertiary/aromatic N) is 1. The van der Waals surface area contributed by atoms with Crippen LogP contribution in [0.5, 0.6) is 0 Å². The van der Waals surface area contributed by atoms with E-state index in [0.717, 1.165) is 13.0 Å². The van der Waals surface area contributed by atoms with Crippen LogP contribution in [0.3, 0.4) is 0 Å². The second-order valence-corrected chi connectivity index (χ2v) is 4.55. The number of halogens is 1. The molecule has 1 saturated carbocycles. The van der Waals surface area contributed by atoms with Gasteiger partial charge in [0.1, 0.15) is 0 Å². The zero-order valence-corrected chi connectivity index (χ0v) is 9.03. The number of nitrogens with one attached hydrogen (secondary N) is 1. The molecule has 0 spiro atoms. The standard InChI is InChI=1S/C12H15FN2O/c13-9-2-1-6-14-12(9)15-10-5-7-16-11(10)8-3-4-8/h1-2,6,8,10-11H,3-5,7H2,(H,14,15). The topological polar surface area (TPSA) is 34.2 Å². The largest absolute Gasteiger partial charge is 0.376 e. The molecule has 1 aromatic rings. The molecule has 2 aliphatic rings. The van der Waals surface area contributed by atoms with E-state index in [2.05, 4.69) is 10.3 Å². The van der Waals surface area contributed by atoms with E-state index >= 15 is 0 Å². The summed E-state index contributed by atoms with van der Waals surface area (Å²) in [5.74, 6) is 0.736. The molecular formula is C12H15FN2O. The quantitative estimate of drug-likeness (QED) is 0.851. The normalized spacial score (nSPS) is 29.3. The van der Waals surface area contributed by atoms with E-state index in [1.807, 2.05) is 0 Å². The van der Waals surface area contributed by atoms with Crippen LogP contribution < -0.4 is 5.32 Å². The van der Waals surface area contributed by atoms with Crippen molar-refractivity contribution in [3.05, 3.63) is 24.1 Å². The van der Waals surface area contributed by atoms with Crippen LogP contribution in [0.4, 0.5) is 10.2 Å². The van der Waals surface area contributed by atoms with Gasteiger partial charge in [-0.1, -0.05) is 0 Å². The summed E-state index contributed by atoms with van der Waals surface area (Å²) < 4.78 is 19.1. The summed E-state index contributed by atoms with van der Waals surface area (Å²) in [4.78, 5) is 4.01. The molecular weight excluding hydrogens is 207 g/mol. The molecule has 0 aromatic carbocycles. The highest BCUT2D eigenvalue weighted by atomic mass is 19.1. The van der Waals surface area contributed by atoms with Gasteiger partial charge in [-0.15, -0.1) is 0 Å². The second kappa shape index (κ2) is 4.01. The average molecular weight is 222 g/mol. The van der Waals surface area contributed by atoms with Crippen LogP contribution >= 0.6 is 0 Å². The average Bonchev–Trinajstić information content (AvgIpc) is 3.03. The summed E-state index contributed by atoms with van der Waals surface area (Å²) in [5, 5.41) is 3.17. The molecule has 1 aliphatic heterocycles. The highest BCUT2D eigenvalue weighted by Crippen LogP contribution is 2.39. The first-order valence-electron chi connectivity index (χ1n) is 5.83. The number of pyridine rings is 1. The van der Waals surface area contributed by atoms with E-state index in [4.69, 9.17) is 4.74 Å². The predicted octanol–water partition coefficient (Wildman–Crippen LogP) is 2.20. The SMILES string of the molecule is Fc1cccnc1NC1CCOC1C1CC1. The lowest BCUT2D eigenvalue weighted by Crippen LogP contribution is -2.31. The summed E-state index contributed by atoms with van der Waals surface area (Å²) in [6.45, 7) is 0.771. The zero-order chi connectivity index (χ0) is 11.0. The van der Waals surface area contributed by atoms with Crippen molar-refractivity contribution in [3.8, 4) is 0 Å². The minimum Gasteiger partial charge on any atom is -0.376 e. The lowest BCUT2D eigenvalue weighted by Gasteiger charge is -2.20. The number of hydrogen-bond acceptors (Lipinski definition) is 3. The van der Waals surface area contributed by atoms with Gasteiger partial charge in [-0.05, 0) is 37.3 Å². The first-order valence-corrected chi connectivity index (χ1v) is 5.83. The molecule has 86 valence electrons. The van der Waals surface area contributed by atoms with Gasteiger partial charge in [0.2, 0.25) is 0 Å². The maximum atomic E-state index is 13.4. The van der Waals surface area contributed by atoms with Crippen LogP contribution in [0.15, 0.2) is 18.3 Å². The van der Waals surface area contributed by atoms with Gasteiger partial charge in [0.25, 0.3) is 0 Å². The van der Waals surface area contributed by atoms with Gasteiger partial charge in [0.05, 0.1) is 12.1 Å². The number of anilines is 1. The summed E-state index contributed by atoms with van der Waals surface area (Å²) in [6, 6.07) is 3.25. The lowest BCUT2D eigenvalue weighted by atomic mass is 10.1. The van der Waals surface area contributed by atoms with E-state index < -0.39 is 0 Å². The van der Waals surface area contributed by atoms with Crippen molar-refractivity contribution in [1.29, 1.82) is 0 Å². The molecule has 2 fully saturated rings. The summed E-state index contributed by atoms with van der Waals surface area (Å²) in [6.07, 6.45) is 5.28. The van der Waals surface area contributed by atoms with E-state index in [0.29, 0.717) is 11.7 Å². The smallest absolute Gasteiger partial charge is 0.165 e. The summed E-state index contributed by atoms with van der Waals surface area (Å²) in [7, 11) is 0. The Balaban J connectivity index is 1.71. The number of hydrogen-bond donors (Lipinski definition) is 1. The fourth-order valence-electron chi connectivity index (χ4n) is 2.32. The maximum absolute atomic E-state index is 13.4. The van der Waals surface area contributed by atoms with E-state index in [9.17, 15) is 4.39 Å². The van der Waals surface area contributed by atoms with E-state index in [1.54, 1.807) is 12.3 Å². The number of rotatable bonds is 3. The van der Waals surface area contributed by atoms with Gasteiger partial charge >= 0.3 is 0 Å². The van der Waals surface area contributed by atoms with Gasteiger partial charge in [-0.3, -0.25) is 0 Å². The Morgan fingerprint density at radius 3 is 3.00 bits per heavy atom. The Labute approximate surface area is 94.0 Å². The Kier molecular flexibility index (Phi) is 2.52. The van der Waals surface area contributed by atoms with Crippen LogP contribution in [-0.4, -0.2) is 23.7 Å². The molecule has 1 aliphatic carbocycles. The van der Waals surface area contributed by atoms with Crippen molar-refractivity contribution < 1.29 is 9.13 Å². The van der Waals surface area contributed by atoms with Crippen molar-refractivity contribution in [2.75, 3.05) is 11.9 Å². The molecule has 0 amide bonds. The first kappa shape index (κ1) is 10.0. The Bertz CT molecular complexity index is 381. The minimum absolute atomic E-state index is 0.219. The van der Waals surface area contributed by atoms with E-state index in [1.165, 1.54) is 18.9 Å². The Morgan fingerprint density at radius 2 is 2.25 bits per heavy atom. The van der Waals surface area contributed by atoms with E-state index in [-0.39, 0.29) is 18.0 Å². The van der Waals surface area contributed by atoms with Gasteiger partial charge in [0, 0.05) is 12.8 Å². The second-order valence-electron chi connectivity index (χ2n) is 4.55. The maximum Gasteiger partial charge on any atom is 0.165 e. The van der Waals surface area contributed by atoms with Crippen molar-refractivity contribution in [2.24, 2.45) is 5.92 Å². The zero-order valence-electron chi connectivity index (χ0n) is 9.03.